The van der Waals surface area contributed by atoms with Crippen molar-refractivity contribution in [3.63, 3.8) is 0 Å². The van der Waals surface area contributed by atoms with E-state index in [0.29, 0.717) is 5.92 Å². The standard InChI is InChI=1S/C14H24N2S/c1-4-7-11(2)10-13(16-15)12-8-5-6-9-14(12)17-3/h5-6,8-9,11,13,16H,4,7,10,15H2,1-3H3. The Morgan fingerprint density at radius 1 is 1.35 bits per heavy atom. The molecule has 0 bridgehead atoms. The van der Waals surface area contributed by atoms with Crippen LogP contribution in [0.2, 0.25) is 0 Å². The average molecular weight is 252 g/mol. The molecule has 0 radical (unpaired) electrons. The van der Waals surface area contributed by atoms with Gasteiger partial charge in [0.05, 0.1) is 0 Å². The van der Waals surface area contributed by atoms with Crippen LogP contribution >= 0.6 is 11.8 Å². The van der Waals surface area contributed by atoms with Gasteiger partial charge in [0.15, 0.2) is 0 Å². The molecular formula is C14H24N2S. The minimum Gasteiger partial charge on any atom is -0.271 e. The Hall–Kier alpha value is -0.510. The van der Waals surface area contributed by atoms with E-state index in [0.717, 1.165) is 6.42 Å². The van der Waals surface area contributed by atoms with Gasteiger partial charge in [-0.05, 0) is 30.2 Å². The molecule has 1 aromatic carbocycles. The second kappa shape index (κ2) is 7.75. The minimum atomic E-state index is 0.264. The second-order valence-electron chi connectivity index (χ2n) is 4.59. The van der Waals surface area contributed by atoms with Crippen molar-refractivity contribution in [2.24, 2.45) is 11.8 Å². The number of benzene rings is 1. The fourth-order valence-corrected chi connectivity index (χ4v) is 2.91. The lowest BCUT2D eigenvalue weighted by Gasteiger charge is -2.22. The van der Waals surface area contributed by atoms with Crippen molar-refractivity contribution in [2.75, 3.05) is 6.26 Å². The summed E-state index contributed by atoms with van der Waals surface area (Å²) in [6.07, 6.45) is 5.71. The highest BCUT2D eigenvalue weighted by Gasteiger charge is 2.16. The molecule has 0 amide bonds. The third kappa shape index (κ3) is 4.34. The summed E-state index contributed by atoms with van der Waals surface area (Å²) in [6, 6.07) is 8.77. The number of nitrogens with one attached hydrogen (secondary N) is 1. The smallest absolute Gasteiger partial charge is 0.0473 e. The molecular weight excluding hydrogens is 228 g/mol. The molecule has 0 saturated carbocycles. The van der Waals surface area contributed by atoms with E-state index < -0.39 is 0 Å². The van der Waals surface area contributed by atoms with Crippen molar-refractivity contribution in [2.45, 2.75) is 44.0 Å². The Labute approximate surface area is 109 Å². The van der Waals surface area contributed by atoms with E-state index in [1.165, 1.54) is 23.3 Å². The monoisotopic (exact) mass is 252 g/mol. The Morgan fingerprint density at radius 3 is 2.65 bits per heavy atom. The van der Waals surface area contributed by atoms with Crippen molar-refractivity contribution >= 4 is 11.8 Å². The first-order valence-electron chi connectivity index (χ1n) is 6.31. The van der Waals surface area contributed by atoms with Crippen molar-refractivity contribution in [3.8, 4) is 0 Å². The van der Waals surface area contributed by atoms with Gasteiger partial charge < -0.3 is 0 Å². The molecule has 0 aromatic heterocycles. The first-order chi connectivity index (χ1) is 8.22. The van der Waals surface area contributed by atoms with Crippen LogP contribution in [0.5, 0.6) is 0 Å². The van der Waals surface area contributed by atoms with Gasteiger partial charge in [-0.15, -0.1) is 11.8 Å². The largest absolute Gasteiger partial charge is 0.271 e. The van der Waals surface area contributed by atoms with Crippen LogP contribution in [0.25, 0.3) is 0 Å². The van der Waals surface area contributed by atoms with Crippen molar-refractivity contribution in [1.29, 1.82) is 0 Å². The SMILES string of the molecule is CCCC(C)CC(NN)c1ccccc1SC. The first kappa shape index (κ1) is 14.6. The number of thioether (sulfide) groups is 1. The Morgan fingerprint density at radius 2 is 2.06 bits per heavy atom. The predicted octanol–water partition coefficient (Wildman–Crippen LogP) is 3.74. The molecule has 0 aliphatic rings. The molecule has 1 rings (SSSR count). The lowest BCUT2D eigenvalue weighted by Crippen LogP contribution is -2.29. The van der Waals surface area contributed by atoms with E-state index in [2.05, 4.69) is 49.8 Å². The van der Waals surface area contributed by atoms with E-state index in [4.69, 9.17) is 5.84 Å². The average Bonchev–Trinajstić information content (AvgIpc) is 2.36. The number of hydrogen-bond acceptors (Lipinski definition) is 3. The highest BCUT2D eigenvalue weighted by Crippen LogP contribution is 2.30. The summed E-state index contributed by atoms with van der Waals surface area (Å²) in [4.78, 5) is 1.32. The van der Waals surface area contributed by atoms with Gasteiger partial charge in [0.1, 0.15) is 0 Å². The van der Waals surface area contributed by atoms with Gasteiger partial charge in [-0.2, -0.15) is 0 Å². The third-order valence-corrected chi connectivity index (χ3v) is 3.95. The summed E-state index contributed by atoms with van der Waals surface area (Å²) in [5.41, 5.74) is 4.29. The van der Waals surface area contributed by atoms with Crippen LogP contribution in [-0.4, -0.2) is 6.26 Å². The zero-order valence-corrected chi connectivity index (χ0v) is 11.9. The number of rotatable bonds is 7. The van der Waals surface area contributed by atoms with Crippen LogP contribution in [-0.2, 0) is 0 Å². The normalized spacial score (nSPS) is 14.6. The summed E-state index contributed by atoms with van der Waals surface area (Å²) in [7, 11) is 0. The Balaban J connectivity index is 2.78. The minimum absolute atomic E-state index is 0.264. The molecule has 0 aliphatic carbocycles. The molecule has 0 aliphatic heterocycles. The molecule has 3 N–H and O–H groups in total. The van der Waals surface area contributed by atoms with Gasteiger partial charge in [0, 0.05) is 10.9 Å². The maximum absolute atomic E-state index is 5.71. The van der Waals surface area contributed by atoms with Gasteiger partial charge in [-0.3, -0.25) is 11.3 Å². The number of hydrogen-bond donors (Lipinski definition) is 2. The van der Waals surface area contributed by atoms with Gasteiger partial charge in [0.25, 0.3) is 0 Å². The fraction of sp³-hybridized carbons (Fsp3) is 0.571. The molecule has 2 unspecified atom stereocenters. The van der Waals surface area contributed by atoms with Crippen molar-refractivity contribution in [3.05, 3.63) is 29.8 Å². The molecule has 96 valence electrons. The van der Waals surface area contributed by atoms with Crippen LogP contribution in [0.3, 0.4) is 0 Å². The highest BCUT2D eigenvalue weighted by molar-refractivity contribution is 7.98. The van der Waals surface area contributed by atoms with Gasteiger partial charge in [-0.25, -0.2) is 0 Å². The van der Waals surface area contributed by atoms with E-state index >= 15 is 0 Å². The van der Waals surface area contributed by atoms with Gasteiger partial charge >= 0.3 is 0 Å². The maximum atomic E-state index is 5.71. The molecule has 17 heavy (non-hydrogen) atoms. The van der Waals surface area contributed by atoms with Crippen LogP contribution in [0, 0.1) is 5.92 Å². The first-order valence-corrected chi connectivity index (χ1v) is 7.54. The van der Waals surface area contributed by atoms with Crippen LogP contribution < -0.4 is 11.3 Å². The zero-order chi connectivity index (χ0) is 12.7. The van der Waals surface area contributed by atoms with E-state index in [9.17, 15) is 0 Å². The molecule has 3 heteroatoms. The van der Waals surface area contributed by atoms with Gasteiger partial charge in [0.2, 0.25) is 0 Å². The molecule has 0 saturated heterocycles. The number of hydrazine groups is 1. The molecule has 2 nitrogen and oxygen atoms in total. The Kier molecular flexibility index (Phi) is 6.63. The zero-order valence-electron chi connectivity index (χ0n) is 11.1. The molecule has 0 fully saturated rings. The third-order valence-electron chi connectivity index (χ3n) is 3.14. The molecule has 0 heterocycles. The summed E-state index contributed by atoms with van der Waals surface area (Å²) in [5, 5.41) is 0. The van der Waals surface area contributed by atoms with Crippen LogP contribution in [0.4, 0.5) is 0 Å². The highest BCUT2D eigenvalue weighted by atomic mass is 32.2. The summed E-state index contributed by atoms with van der Waals surface area (Å²) in [6.45, 7) is 4.53. The lowest BCUT2D eigenvalue weighted by molar-refractivity contribution is 0.391. The van der Waals surface area contributed by atoms with E-state index in [1.807, 2.05) is 0 Å². The summed E-state index contributed by atoms with van der Waals surface area (Å²) >= 11 is 1.78. The quantitative estimate of drug-likeness (QED) is 0.441. The molecule has 0 spiro atoms. The molecule has 1 aromatic rings. The van der Waals surface area contributed by atoms with Gasteiger partial charge in [-0.1, -0.05) is 44.9 Å². The van der Waals surface area contributed by atoms with E-state index in [1.54, 1.807) is 11.8 Å². The van der Waals surface area contributed by atoms with E-state index in [-0.39, 0.29) is 6.04 Å². The maximum Gasteiger partial charge on any atom is 0.0473 e. The second-order valence-corrected chi connectivity index (χ2v) is 5.44. The molecule has 2 atom stereocenters. The topological polar surface area (TPSA) is 38.0 Å². The van der Waals surface area contributed by atoms with Crippen LogP contribution in [0.15, 0.2) is 29.2 Å². The number of nitrogens with two attached hydrogens (primary N) is 1. The van der Waals surface area contributed by atoms with Crippen molar-refractivity contribution < 1.29 is 0 Å². The van der Waals surface area contributed by atoms with Crippen molar-refractivity contribution in [1.82, 2.24) is 5.43 Å². The predicted molar refractivity (Wildman–Crippen MR) is 77.0 cm³/mol. The lowest BCUT2D eigenvalue weighted by atomic mass is 9.93. The Bertz CT molecular complexity index is 328. The fourth-order valence-electron chi connectivity index (χ4n) is 2.25. The summed E-state index contributed by atoms with van der Waals surface area (Å²) in [5.74, 6) is 6.42. The van der Waals surface area contributed by atoms with Crippen LogP contribution in [0.1, 0.15) is 44.7 Å². The summed E-state index contributed by atoms with van der Waals surface area (Å²) < 4.78 is 0.